The van der Waals surface area contributed by atoms with Crippen LogP contribution in [0.5, 0.6) is 0 Å². The first kappa shape index (κ1) is 19.3. The van der Waals surface area contributed by atoms with Gasteiger partial charge < -0.3 is 9.88 Å². The van der Waals surface area contributed by atoms with Crippen LogP contribution in [0, 0.1) is 10.1 Å². The summed E-state index contributed by atoms with van der Waals surface area (Å²) in [6.45, 7) is 2.66. The molecule has 2 heterocycles. The van der Waals surface area contributed by atoms with E-state index in [1.807, 2.05) is 29.0 Å². The maximum atomic E-state index is 12.2. The molecule has 11 heteroatoms. The van der Waals surface area contributed by atoms with Crippen LogP contribution in [0.25, 0.3) is 10.7 Å². The van der Waals surface area contributed by atoms with Gasteiger partial charge >= 0.3 is 0 Å². The minimum absolute atomic E-state index is 0.0181. The average Bonchev–Trinajstić information content (AvgIpc) is 3.30. The molecule has 0 aliphatic rings. The number of thioether (sulfide) groups is 1. The van der Waals surface area contributed by atoms with Crippen LogP contribution in [0.2, 0.25) is 5.02 Å². The lowest BCUT2D eigenvalue weighted by Gasteiger charge is -2.07. The van der Waals surface area contributed by atoms with Gasteiger partial charge in [-0.1, -0.05) is 29.4 Å². The molecule has 0 fully saturated rings. The van der Waals surface area contributed by atoms with Gasteiger partial charge in [-0.2, -0.15) is 0 Å². The normalized spacial score (nSPS) is 10.7. The first-order valence-electron chi connectivity index (χ1n) is 7.83. The highest BCUT2D eigenvalue weighted by molar-refractivity contribution is 7.99. The van der Waals surface area contributed by atoms with Crippen molar-refractivity contribution in [2.24, 2.45) is 0 Å². The monoisotopic (exact) mass is 423 g/mol. The molecule has 140 valence electrons. The maximum Gasteiger partial charge on any atom is 0.289 e. The Balaban J connectivity index is 1.66. The Kier molecular flexibility index (Phi) is 6.09. The number of nitro groups is 1. The average molecular weight is 424 g/mol. The number of hydrogen-bond donors (Lipinski definition) is 1. The Hall–Kier alpha value is -2.43. The molecular weight excluding hydrogens is 410 g/mol. The van der Waals surface area contributed by atoms with E-state index in [1.165, 1.54) is 30.0 Å². The molecule has 0 spiro atoms. The molecular formula is C16H14ClN5O3S2. The van der Waals surface area contributed by atoms with Crippen molar-refractivity contribution in [1.82, 2.24) is 14.8 Å². The molecule has 1 aromatic carbocycles. The van der Waals surface area contributed by atoms with Crippen molar-refractivity contribution in [3.05, 3.63) is 50.8 Å². The van der Waals surface area contributed by atoms with E-state index in [9.17, 15) is 14.9 Å². The molecule has 8 nitrogen and oxygen atoms in total. The van der Waals surface area contributed by atoms with E-state index in [0.717, 1.165) is 10.7 Å². The third-order valence-corrected chi connectivity index (χ3v) is 5.69. The van der Waals surface area contributed by atoms with Crippen molar-refractivity contribution in [3.8, 4) is 10.7 Å². The Morgan fingerprint density at radius 1 is 1.41 bits per heavy atom. The van der Waals surface area contributed by atoms with Crippen LogP contribution in [0.4, 0.5) is 11.4 Å². The summed E-state index contributed by atoms with van der Waals surface area (Å²) < 4.78 is 1.94. The minimum atomic E-state index is -0.595. The van der Waals surface area contributed by atoms with E-state index in [4.69, 9.17) is 11.6 Å². The SMILES string of the molecule is CCn1c(SCC(=O)Nc2ccc(Cl)c([N+](=O)[O-])c2)nnc1-c1cccs1. The Morgan fingerprint density at radius 2 is 2.22 bits per heavy atom. The van der Waals surface area contributed by atoms with Gasteiger partial charge in [-0.25, -0.2) is 0 Å². The highest BCUT2D eigenvalue weighted by Crippen LogP contribution is 2.29. The van der Waals surface area contributed by atoms with Gasteiger partial charge in [0.2, 0.25) is 5.91 Å². The third-order valence-electron chi connectivity index (χ3n) is 3.53. The van der Waals surface area contributed by atoms with Crippen molar-refractivity contribution in [1.29, 1.82) is 0 Å². The first-order chi connectivity index (χ1) is 13.0. The number of thiophene rings is 1. The third kappa shape index (κ3) is 4.46. The number of anilines is 1. The largest absolute Gasteiger partial charge is 0.325 e. The quantitative estimate of drug-likeness (QED) is 0.345. The van der Waals surface area contributed by atoms with Crippen molar-refractivity contribution in [3.63, 3.8) is 0 Å². The zero-order valence-electron chi connectivity index (χ0n) is 14.1. The van der Waals surface area contributed by atoms with Gasteiger partial charge in [0.1, 0.15) is 5.02 Å². The Morgan fingerprint density at radius 3 is 2.89 bits per heavy atom. The van der Waals surface area contributed by atoms with Gasteiger partial charge in [-0.15, -0.1) is 21.5 Å². The van der Waals surface area contributed by atoms with Crippen molar-refractivity contribution in [2.45, 2.75) is 18.6 Å². The minimum Gasteiger partial charge on any atom is -0.325 e. The van der Waals surface area contributed by atoms with E-state index >= 15 is 0 Å². The lowest BCUT2D eigenvalue weighted by atomic mass is 10.3. The van der Waals surface area contributed by atoms with E-state index < -0.39 is 4.92 Å². The van der Waals surface area contributed by atoms with Crippen LogP contribution < -0.4 is 5.32 Å². The lowest BCUT2D eigenvalue weighted by Crippen LogP contribution is -2.14. The summed E-state index contributed by atoms with van der Waals surface area (Å²) in [6, 6.07) is 8.04. The number of aromatic nitrogens is 3. The molecule has 0 atom stereocenters. The standard InChI is InChI=1S/C16H14ClN5O3S2/c1-2-21-15(13-4-3-7-26-13)19-20-16(21)27-9-14(23)18-10-5-6-11(17)12(8-10)22(24)25/h3-8H,2,9H2,1H3,(H,18,23). The molecule has 2 aromatic heterocycles. The lowest BCUT2D eigenvalue weighted by molar-refractivity contribution is -0.384. The van der Waals surface area contributed by atoms with Crippen LogP contribution >= 0.6 is 34.7 Å². The molecule has 0 unspecified atom stereocenters. The summed E-state index contributed by atoms with van der Waals surface area (Å²) in [6.07, 6.45) is 0. The zero-order valence-corrected chi connectivity index (χ0v) is 16.5. The molecule has 0 saturated carbocycles. The number of hydrogen-bond acceptors (Lipinski definition) is 7. The molecule has 1 amide bonds. The Bertz CT molecular complexity index is 975. The molecule has 0 aliphatic carbocycles. The van der Waals surface area contributed by atoms with E-state index in [2.05, 4.69) is 15.5 Å². The van der Waals surface area contributed by atoms with Gasteiger partial charge in [-0.3, -0.25) is 14.9 Å². The topological polar surface area (TPSA) is 103 Å². The van der Waals surface area contributed by atoms with Crippen molar-refractivity contribution >= 4 is 52.0 Å². The van der Waals surface area contributed by atoms with E-state index in [0.29, 0.717) is 17.4 Å². The van der Waals surface area contributed by atoms with Crippen LogP contribution in [0.3, 0.4) is 0 Å². The number of rotatable bonds is 7. The summed E-state index contributed by atoms with van der Waals surface area (Å²) in [5.41, 5.74) is 0.0568. The number of halogens is 1. The summed E-state index contributed by atoms with van der Waals surface area (Å²) in [5.74, 6) is 0.558. The van der Waals surface area contributed by atoms with Crippen LogP contribution in [-0.4, -0.2) is 31.3 Å². The number of carbonyl (C=O) groups excluding carboxylic acids is 1. The number of amides is 1. The molecule has 0 bridgehead atoms. The second kappa shape index (κ2) is 8.51. The van der Waals surface area contributed by atoms with Crippen LogP contribution in [0.1, 0.15) is 6.92 Å². The predicted molar refractivity (Wildman–Crippen MR) is 106 cm³/mol. The molecule has 0 radical (unpaired) electrons. The molecule has 27 heavy (non-hydrogen) atoms. The second-order valence-corrected chi connectivity index (χ2v) is 7.59. The maximum absolute atomic E-state index is 12.2. The first-order valence-corrected chi connectivity index (χ1v) is 10.1. The fourth-order valence-electron chi connectivity index (χ4n) is 2.33. The van der Waals surface area contributed by atoms with Gasteiger partial charge in [0.15, 0.2) is 11.0 Å². The van der Waals surface area contributed by atoms with Gasteiger partial charge in [0.05, 0.1) is 15.6 Å². The number of nitrogens with one attached hydrogen (secondary N) is 1. The van der Waals surface area contributed by atoms with Crippen LogP contribution in [0.15, 0.2) is 40.9 Å². The van der Waals surface area contributed by atoms with Gasteiger partial charge in [0, 0.05) is 18.3 Å². The molecule has 0 saturated heterocycles. The smallest absolute Gasteiger partial charge is 0.289 e. The van der Waals surface area contributed by atoms with Crippen LogP contribution in [-0.2, 0) is 11.3 Å². The molecule has 1 N–H and O–H groups in total. The highest BCUT2D eigenvalue weighted by Gasteiger charge is 2.17. The summed E-state index contributed by atoms with van der Waals surface area (Å²) in [4.78, 5) is 23.5. The number of carbonyl (C=O) groups is 1. The fraction of sp³-hybridized carbons (Fsp3) is 0.188. The zero-order chi connectivity index (χ0) is 19.4. The number of nitro benzene ring substituents is 1. The Labute approximate surface area is 167 Å². The van der Waals surface area contributed by atoms with Gasteiger partial charge in [0.25, 0.3) is 5.69 Å². The van der Waals surface area contributed by atoms with Crippen molar-refractivity contribution < 1.29 is 9.72 Å². The molecule has 3 aromatic rings. The van der Waals surface area contributed by atoms with Gasteiger partial charge in [-0.05, 0) is 30.5 Å². The second-order valence-electron chi connectivity index (χ2n) is 5.29. The number of benzene rings is 1. The van der Waals surface area contributed by atoms with E-state index in [-0.39, 0.29) is 22.4 Å². The molecule has 3 rings (SSSR count). The summed E-state index contributed by atoms with van der Waals surface area (Å²) in [5, 5.41) is 24.6. The number of nitrogens with zero attached hydrogens (tertiary/aromatic N) is 4. The van der Waals surface area contributed by atoms with Crippen molar-refractivity contribution in [2.75, 3.05) is 11.1 Å². The van der Waals surface area contributed by atoms with E-state index in [1.54, 1.807) is 11.3 Å². The molecule has 0 aliphatic heterocycles. The summed E-state index contributed by atoms with van der Waals surface area (Å²) >= 11 is 8.60. The predicted octanol–water partition coefficient (Wildman–Crippen LogP) is 4.32. The summed E-state index contributed by atoms with van der Waals surface area (Å²) in [7, 11) is 0. The highest BCUT2D eigenvalue weighted by atomic mass is 35.5. The fourth-order valence-corrected chi connectivity index (χ4v) is 4.03.